The summed E-state index contributed by atoms with van der Waals surface area (Å²) in [4.78, 5) is 44.9. The summed E-state index contributed by atoms with van der Waals surface area (Å²) in [5.74, 6) is -0.732. The highest BCUT2D eigenvalue weighted by Gasteiger charge is 2.16. The van der Waals surface area contributed by atoms with Gasteiger partial charge in [-0.3, -0.25) is 29.8 Å². The van der Waals surface area contributed by atoms with Crippen LogP contribution in [0.3, 0.4) is 0 Å². The van der Waals surface area contributed by atoms with Crippen LogP contribution in [-0.4, -0.2) is 47.4 Å². The molecule has 0 aliphatic carbocycles. The molecule has 31 heavy (non-hydrogen) atoms. The van der Waals surface area contributed by atoms with E-state index in [1.165, 1.54) is 50.6 Å². The first-order valence-electron chi connectivity index (χ1n) is 8.57. The Bertz CT molecular complexity index is 935. The van der Waals surface area contributed by atoms with Crippen LogP contribution in [0.4, 0.5) is 22.7 Å². The standard InChI is InChI=1S/C18H18N4O8S/c1-29-15-5-3-11(21(25)26)7-13(15)19-17(23)9-31-10-18(24)20-14-8-12(22(27)28)4-6-16(14)30-2/h3-8H,9-10H2,1-2H3,(H,19,23)(H,20,24). The zero-order valence-corrected chi connectivity index (χ0v) is 17.3. The smallest absolute Gasteiger partial charge is 0.271 e. The van der Waals surface area contributed by atoms with E-state index in [-0.39, 0.29) is 45.8 Å². The SMILES string of the molecule is COc1ccc([N+](=O)[O-])cc1NC(=O)CSCC(=O)Nc1cc([N+](=O)[O-])ccc1OC. The highest BCUT2D eigenvalue weighted by Crippen LogP contribution is 2.30. The molecule has 0 radical (unpaired) electrons. The van der Waals surface area contributed by atoms with Crippen LogP contribution in [0, 0.1) is 20.2 Å². The second kappa shape index (κ2) is 10.8. The number of hydrogen-bond acceptors (Lipinski definition) is 9. The second-order valence-electron chi connectivity index (χ2n) is 5.87. The number of methoxy groups -OCH3 is 2. The summed E-state index contributed by atoms with van der Waals surface area (Å²) in [6.45, 7) is 0. The number of non-ortho nitro benzene ring substituents is 2. The quantitative estimate of drug-likeness (QED) is 0.409. The van der Waals surface area contributed by atoms with Crippen LogP contribution < -0.4 is 20.1 Å². The van der Waals surface area contributed by atoms with Crippen molar-refractivity contribution >= 4 is 46.3 Å². The van der Waals surface area contributed by atoms with Crippen molar-refractivity contribution in [1.29, 1.82) is 0 Å². The van der Waals surface area contributed by atoms with Gasteiger partial charge in [-0.05, 0) is 12.1 Å². The maximum absolute atomic E-state index is 12.1. The van der Waals surface area contributed by atoms with Crippen molar-refractivity contribution in [3.63, 3.8) is 0 Å². The van der Waals surface area contributed by atoms with Gasteiger partial charge in [0.25, 0.3) is 11.4 Å². The first-order valence-corrected chi connectivity index (χ1v) is 9.73. The maximum Gasteiger partial charge on any atom is 0.271 e. The number of nitrogens with one attached hydrogen (secondary N) is 2. The van der Waals surface area contributed by atoms with Gasteiger partial charge in [-0.1, -0.05) is 0 Å². The number of carbonyl (C=O) groups excluding carboxylic acids is 2. The third-order valence-electron chi connectivity index (χ3n) is 3.80. The molecule has 0 atom stereocenters. The van der Waals surface area contributed by atoms with Crippen LogP contribution in [0.15, 0.2) is 36.4 Å². The number of thioether (sulfide) groups is 1. The van der Waals surface area contributed by atoms with Gasteiger partial charge in [0, 0.05) is 24.3 Å². The molecule has 12 nitrogen and oxygen atoms in total. The highest BCUT2D eigenvalue weighted by atomic mass is 32.2. The Hall–Kier alpha value is -3.87. The number of ether oxygens (including phenoxy) is 2. The molecule has 0 spiro atoms. The van der Waals surface area contributed by atoms with Crippen LogP contribution in [0.25, 0.3) is 0 Å². The maximum atomic E-state index is 12.1. The third-order valence-corrected chi connectivity index (χ3v) is 4.73. The number of hydrogen-bond donors (Lipinski definition) is 2. The lowest BCUT2D eigenvalue weighted by Gasteiger charge is -2.11. The Morgan fingerprint density at radius 1 is 0.839 bits per heavy atom. The Morgan fingerprint density at radius 2 is 1.23 bits per heavy atom. The summed E-state index contributed by atoms with van der Waals surface area (Å²) in [5, 5.41) is 26.8. The van der Waals surface area contributed by atoms with Crippen molar-refractivity contribution in [2.45, 2.75) is 0 Å². The van der Waals surface area contributed by atoms with Gasteiger partial charge >= 0.3 is 0 Å². The van der Waals surface area contributed by atoms with Gasteiger partial charge < -0.3 is 20.1 Å². The number of amides is 2. The van der Waals surface area contributed by atoms with Crippen molar-refractivity contribution in [2.24, 2.45) is 0 Å². The molecule has 2 aromatic rings. The Morgan fingerprint density at radius 3 is 1.55 bits per heavy atom. The van der Waals surface area contributed by atoms with E-state index in [2.05, 4.69) is 10.6 Å². The molecule has 0 bridgehead atoms. The summed E-state index contributed by atoms with van der Waals surface area (Å²) >= 11 is 0.982. The van der Waals surface area contributed by atoms with E-state index in [0.29, 0.717) is 0 Å². The number of anilines is 2. The van der Waals surface area contributed by atoms with Crippen molar-refractivity contribution < 1.29 is 28.9 Å². The van der Waals surface area contributed by atoms with Crippen LogP contribution >= 0.6 is 11.8 Å². The minimum atomic E-state index is -0.601. The van der Waals surface area contributed by atoms with Crippen LogP contribution in [0.5, 0.6) is 11.5 Å². The number of carbonyl (C=O) groups is 2. The summed E-state index contributed by atoms with van der Waals surface area (Å²) in [5.41, 5.74) is -0.163. The monoisotopic (exact) mass is 450 g/mol. The lowest BCUT2D eigenvalue weighted by Crippen LogP contribution is -2.19. The van der Waals surface area contributed by atoms with Gasteiger partial charge in [-0.25, -0.2) is 0 Å². The van der Waals surface area contributed by atoms with Gasteiger partial charge in [-0.15, -0.1) is 11.8 Å². The molecule has 2 N–H and O–H groups in total. The number of benzene rings is 2. The molecule has 0 saturated heterocycles. The molecular weight excluding hydrogens is 432 g/mol. The molecule has 0 saturated carbocycles. The molecule has 164 valence electrons. The zero-order valence-electron chi connectivity index (χ0n) is 16.4. The lowest BCUT2D eigenvalue weighted by atomic mass is 10.2. The molecule has 2 rings (SSSR count). The van der Waals surface area contributed by atoms with Gasteiger partial charge in [-0.2, -0.15) is 0 Å². The largest absolute Gasteiger partial charge is 0.495 e. The first kappa shape index (κ1) is 23.4. The van der Waals surface area contributed by atoms with E-state index in [0.717, 1.165) is 11.8 Å². The van der Waals surface area contributed by atoms with Gasteiger partial charge in [0.2, 0.25) is 11.8 Å². The average Bonchev–Trinajstić information content (AvgIpc) is 2.73. The topological polar surface area (TPSA) is 163 Å². The van der Waals surface area contributed by atoms with Crippen LogP contribution in [-0.2, 0) is 9.59 Å². The van der Waals surface area contributed by atoms with Crippen molar-refractivity contribution in [3.05, 3.63) is 56.6 Å². The predicted octanol–water partition coefficient (Wildman–Crippen LogP) is 2.83. The van der Waals surface area contributed by atoms with Crippen LogP contribution in [0.1, 0.15) is 0 Å². The van der Waals surface area contributed by atoms with E-state index < -0.39 is 21.7 Å². The molecule has 13 heteroatoms. The Kier molecular flexibility index (Phi) is 8.14. The summed E-state index contributed by atoms with van der Waals surface area (Å²) in [6.07, 6.45) is 0. The summed E-state index contributed by atoms with van der Waals surface area (Å²) in [7, 11) is 2.72. The molecule has 0 unspecified atom stereocenters. The van der Waals surface area contributed by atoms with E-state index in [4.69, 9.17) is 9.47 Å². The molecule has 0 fully saturated rings. The third kappa shape index (κ3) is 6.57. The molecular formula is C18H18N4O8S. The first-order chi connectivity index (χ1) is 14.7. The molecule has 0 aliphatic heterocycles. The highest BCUT2D eigenvalue weighted by molar-refractivity contribution is 8.00. The van der Waals surface area contributed by atoms with E-state index >= 15 is 0 Å². The number of nitro benzene ring substituents is 2. The molecule has 2 aromatic carbocycles. The minimum Gasteiger partial charge on any atom is -0.495 e. The number of nitro groups is 2. The molecule has 0 heterocycles. The summed E-state index contributed by atoms with van der Waals surface area (Å²) < 4.78 is 10.1. The van der Waals surface area contributed by atoms with Crippen molar-refractivity contribution in [2.75, 3.05) is 36.4 Å². The molecule has 0 aromatic heterocycles. The van der Waals surface area contributed by atoms with Gasteiger partial charge in [0.15, 0.2) is 0 Å². The van der Waals surface area contributed by atoms with E-state index in [9.17, 15) is 29.8 Å². The van der Waals surface area contributed by atoms with Gasteiger partial charge in [0.1, 0.15) is 11.5 Å². The van der Waals surface area contributed by atoms with E-state index in [1.54, 1.807) is 0 Å². The minimum absolute atomic E-state index is 0.120. The zero-order chi connectivity index (χ0) is 23.0. The Labute approximate surface area is 180 Å². The fraction of sp³-hybridized carbons (Fsp3) is 0.222. The van der Waals surface area contributed by atoms with Crippen LogP contribution in [0.2, 0.25) is 0 Å². The van der Waals surface area contributed by atoms with Crippen molar-refractivity contribution in [1.82, 2.24) is 0 Å². The second-order valence-corrected chi connectivity index (χ2v) is 6.86. The average molecular weight is 450 g/mol. The summed E-state index contributed by atoms with van der Waals surface area (Å²) in [6, 6.07) is 7.55. The fourth-order valence-electron chi connectivity index (χ4n) is 2.42. The van der Waals surface area contributed by atoms with Gasteiger partial charge in [0.05, 0.1) is 46.9 Å². The number of rotatable bonds is 10. The Balaban J connectivity index is 1.92. The lowest BCUT2D eigenvalue weighted by molar-refractivity contribution is -0.385. The normalized spacial score (nSPS) is 10.1. The molecule has 0 aliphatic rings. The fourth-order valence-corrected chi connectivity index (χ4v) is 3.04. The number of nitrogens with zero attached hydrogens (tertiary/aromatic N) is 2. The predicted molar refractivity (Wildman–Crippen MR) is 114 cm³/mol. The van der Waals surface area contributed by atoms with Crippen molar-refractivity contribution in [3.8, 4) is 11.5 Å². The molecule has 2 amide bonds. The van der Waals surface area contributed by atoms with E-state index in [1.807, 2.05) is 0 Å².